The number of H-pyrrole nitrogens is 1. The number of hydrogen-bond acceptors (Lipinski definition) is 3. The van der Waals surface area contributed by atoms with E-state index in [9.17, 15) is 4.79 Å². The topological polar surface area (TPSA) is 61.9 Å². The molecule has 2 aromatic heterocycles. The SMILES string of the molecule is CCC[C@@H]1CC(=O)N(Cc2ccnc3nc[nH]c23)C1. The molecular weight excluding hydrogens is 240 g/mol. The molecule has 0 aliphatic carbocycles. The standard InChI is InChI=1S/C14H18N4O/c1-2-3-10-6-12(19)18(7-10)8-11-4-5-15-14-13(11)16-9-17-14/h4-5,9-10H,2-3,6-8H2,1H3,(H,15,16,17)/t10-/m1/s1. The van der Waals surface area contributed by atoms with Gasteiger partial charge in [0.2, 0.25) is 5.91 Å². The Kier molecular flexibility index (Phi) is 3.19. The minimum absolute atomic E-state index is 0.267. The number of aromatic nitrogens is 3. The number of amides is 1. The van der Waals surface area contributed by atoms with Crippen molar-refractivity contribution in [3.8, 4) is 0 Å². The quantitative estimate of drug-likeness (QED) is 0.913. The molecule has 1 N–H and O–H groups in total. The molecule has 0 aromatic carbocycles. The third kappa shape index (κ3) is 2.32. The highest BCUT2D eigenvalue weighted by atomic mass is 16.2. The van der Waals surface area contributed by atoms with Crippen molar-refractivity contribution in [3.63, 3.8) is 0 Å². The second-order valence-electron chi connectivity index (χ2n) is 5.20. The fourth-order valence-corrected chi connectivity index (χ4v) is 2.85. The lowest BCUT2D eigenvalue weighted by Gasteiger charge is -2.16. The van der Waals surface area contributed by atoms with Gasteiger partial charge in [-0.2, -0.15) is 0 Å². The molecule has 0 spiro atoms. The van der Waals surface area contributed by atoms with Crippen LogP contribution in [0.5, 0.6) is 0 Å². The second kappa shape index (κ2) is 4.99. The van der Waals surface area contributed by atoms with Crippen molar-refractivity contribution in [2.24, 2.45) is 5.92 Å². The highest BCUT2D eigenvalue weighted by molar-refractivity contribution is 5.80. The van der Waals surface area contributed by atoms with Crippen LogP contribution in [-0.2, 0) is 11.3 Å². The minimum atomic E-state index is 0.267. The summed E-state index contributed by atoms with van der Waals surface area (Å²) in [5.74, 6) is 0.791. The molecule has 0 bridgehead atoms. The highest BCUT2D eigenvalue weighted by Crippen LogP contribution is 2.25. The van der Waals surface area contributed by atoms with E-state index >= 15 is 0 Å². The number of carbonyl (C=O) groups excluding carboxylic acids is 1. The molecule has 5 nitrogen and oxygen atoms in total. The lowest BCUT2D eigenvalue weighted by atomic mass is 10.0. The number of hydrogen-bond donors (Lipinski definition) is 1. The largest absolute Gasteiger partial charge is 0.343 e. The first-order valence-corrected chi connectivity index (χ1v) is 6.82. The molecule has 1 amide bonds. The van der Waals surface area contributed by atoms with Crippen molar-refractivity contribution in [1.29, 1.82) is 0 Å². The van der Waals surface area contributed by atoms with Crippen molar-refractivity contribution in [2.75, 3.05) is 6.54 Å². The first kappa shape index (κ1) is 12.1. The average Bonchev–Trinajstić information content (AvgIpc) is 2.98. The molecule has 0 unspecified atom stereocenters. The number of imidazole rings is 1. The van der Waals surface area contributed by atoms with Crippen LogP contribution in [0.4, 0.5) is 0 Å². The smallest absolute Gasteiger partial charge is 0.223 e. The van der Waals surface area contributed by atoms with Gasteiger partial charge in [-0.3, -0.25) is 4.79 Å². The van der Waals surface area contributed by atoms with Crippen LogP contribution in [0, 0.1) is 5.92 Å². The summed E-state index contributed by atoms with van der Waals surface area (Å²) in [5, 5.41) is 0. The van der Waals surface area contributed by atoms with E-state index in [4.69, 9.17) is 0 Å². The number of fused-ring (bicyclic) bond motifs is 1. The molecule has 2 aromatic rings. The molecule has 1 aliphatic heterocycles. The van der Waals surface area contributed by atoms with Gasteiger partial charge in [-0.25, -0.2) is 9.97 Å². The van der Waals surface area contributed by atoms with E-state index in [1.807, 2.05) is 11.0 Å². The maximum Gasteiger partial charge on any atom is 0.223 e. The Morgan fingerprint density at radius 2 is 2.37 bits per heavy atom. The van der Waals surface area contributed by atoms with Gasteiger partial charge >= 0.3 is 0 Å². The number of nitrogens with one attached hydrogen (secondary N) is 1. The Hall–Kier alpha value is -1.91. The van der Waals surface area contributed by atoms with Crippen LogP contribution in [-0.4, -0.2) is 32.3 Å². The number of rotatable bonds is 4. The van der Waals surface area contributed by atoms with Crippen molar-refractivity contribution >= 4 is 17.1 Å². The molecule has 1 fully saturated rings. The van der Waals surface area contributed by atoms with Gasteiger partial charge in [-0.05, 0) is 18.4 Å². The van der Waals surface area contributed by atoms with E-state index in [-0.39, 0.29) is 5.91 Å². The van der Waals surface area contributed by atoms with Crippen LogP contribution in [0.2, 0.25) is 0 Å². The number of aromatic amines is 1. The van der Waals surface area contributed by atoms with Crippen LogP contribution in [0.15, 0.2) is 18.6 Å². The summed E-state index contributed by atoms with van der Waals surface area (Å²) in [6, 6.07) is 1.96. The van der Waals surface area contributed by atoms with Crippen LogP contribution >= 0.6 is 0 Å². The zero-order valence-corrected chi connectivity index (χ0v) is 11.1. The Morgan fingerprint density at radius 1 is 1.47 bits per heavy atom. The van der Waals surface area contributed by atoms with Crippen molar-refractivity contribution in [3.05, 3.63) is 24.2 Å². The Balaban J connectivity index is 1.78. The van der Waals surface area contributed by atoms with Gasteiger partial charge in [-0.15, -0.1) is 0 Å². The van der Waals surface area contributed by atoms with E-state index in [0.29, 0.717) is 24.5 Å². The molecule has 1 atom stereocenters. The van der Waals surface area contributed by atoms with Crippen LogP contribution in [0.25, 0.3) is 11.2 Å². The molecule has 3 rings (SSSR count). The Labute approximate surface area is 112 Å². The lowest BCUT2D eigenvalue weighted by Crippen LogP contribution is -2.24. The van der Waals surface area contributed by atoms with Gasteiger partial charge in [0.05, 0.1) is 11.8 Å². The van der Waals surface area contributed by atoms with Crippen LogP contribution in [0.1, 0.15) is 31.7 Å². The molecule has 0 radical (unpaired) electrons. The van der Waals surface area contributed by atoms with Crippen LogP contribution < -0.4 is 0 Å². The van der Waals surface area contributed by atoms with E-state index in [0.717, 1.165) is 30.5 Å². The summed E-state index contributed by atoms with van der Waals surface area (Å²) >= 11 is 0. The van der Waals surface area contributed by atoms with Crippen molar-refractivity contribution in [2.45, 2.75) is 32.7 Å². The summed E-state index contributed by atoms with van der Waals surface area (Å²) < 4.78 is 0. The van der Waals surface area contributed by atoms with Crippen LogP contribution in [0.3, 0.4) is 0 Å². The highest BCUT2D eigenvalue weighted by Gasteiger charge is 2.29. The summed E-state index contributed by atoms with van der Waals surface area (Å²) in [5.41, 5.74) is 2.75. The first-order valence-electron chi connectivity index (χ1n) is 6.82. The number of pyridine rings is 1. The van der Waals surface area contributed by atoms with Gasteiger partial charge < -0.3 is 9.88 Å². The molecule has 0 saturated carbocycles. The molecule has 5 heteroatoms. The average molecular weight is 258 g/mol. The normalized spacial score (nSPS) is 19.5. The molecule has 19 heavy (non-hydrogen) atoms. The summed E-state index contributed by atoms with van der Waals surface area (Å²) in [7, 11) is 0. The predicted octanol–water partition coefficient (Wildman–Crippen LogP) is 2.11. The molecule has 3 heterocycles. The third-order valence-electron chi connectivity index (χ3n) is 3.77. The maximum atomic E-state index is 12.0. The first-order chi connectivity index (χ1) is 9.28. The van der Waals surface area contributed by atoms with Gasteiger partial charge in [0.15, 0.2) is 5.65 Å². The summed E-state index contributed by atoms with van der Waals surface area (Å²) in [6.07, 6.45) is 6.38. The predicted molar refractivity (Wildman–Crippen MR) is 72.3 cm³/mol. The third-order valence-corrected chi connectivity index (χ3v) is 3.77. The number of likely N-dealkylation sites (tertiary alicyclic amines) is 1. The van der Waals surface area contributed by atoms with E-state index in [2.05, 4.69) is 21.9 Å². The summed E-state index contributed by atoms with van der Waals surface area (Å²) in [4.78, 5) is 25.4. The number of carbonyl (C=O) groups is 1. The molecule has 100 valence electrons. The Morgan fingerprint density at radius 3 is 3.21 bits per heavy atom. The summed E-state index contributed by atoms with van der Waals surface area (Å²) in [6.45, 7) is 3.70. The zero-order valence-electron chi connectivity index (χ0n) is 11.1. The van der Waals surface area contributed by atoms with Gasteiger partial charge in [0.1, 0.15) is 0 Å². The second-order valence-corrected chi connectivity index (χ2v) is 5.20. The van der Waals surface area contributed by atoms with Gasteiger partial charge in [0.25, 0.3) is 0 Å². The zero-order chi connectivity index (χ0) is 13.2. The Bertz CT molecular complexity index is 592. The molecule has 1 aliphatic rings. The minimum Gasteiger partial charge on any atom is -0.343 e. The van der Waals surface area contributed by atoms with Crippen molar-refractivity contribution < 1.29 is 4.79 Å². The monoisotopic (exact) mass is 258 g/mol. The van der Waals surface area contributed by atoms with Gasteiger partial charge in [-0.1, -0.05) is 13.3 Å². The molecular formula is C14H18N4O. The fourth-order valence-electron chi connectivity index (χ4n) is 2.85. The fraction of sp³-hybridized carbons (Fsp3) is 0.500. The van der Waals surface area contributed by atoms with E-state index < -0.39 is 0 Å². The number of nitrogens with zero attached hydrogens (tertiary/aromatic N) is 3. The maximum absolute atomic E-state index is 12.0. The molecule has 1 saturated heterocycles. The van der Waals surface area contributed by atoms with Crippen molar-refractivity contribution in [1.82, 2.24) is 19.9 Å². The van der Waals surface area contributed by atoms with E-state index in [1.54, 1.807) is 12.5 Å². The lowest BCUT2D eigenvalue weighted by molar-refractivity contribution is -0.128. The van der Waals surface area contributed by atoms with Gasteiger partial charge in [0, 0.05) is 31.3 Å². The van der Waals surface area contributed by atoms with E-state index in [1.165, 1.54) is 0 Å².